The fraction of sp³-hybridized carbons (Fsp3) is 0. The van der Waals surface area contributed by atoms with Crippen LogP contribution in [0.1, 0.15) is 0 Å². The van der Waals surface area contributed by atoms with Crippen LogP contribution in [0.25, 0.3) is 106 Å². The second-order valence-electron chi connectivity index (χ2n) is 14.1. The smallest absolute Gasteiger partial charge is 0.161 e. The SMILES string of the molecule is c1ccc(-c2cccc(-c3cc(-c4ccccc4)nc(-c4cccc5c4c4ccccc4n5-c4cccc5c4oc4c(-c6ccccc6)cccc45)n3)c2)cc1. The van der Waals surface area contributed by atoms with E-state index in [-0.39, 0.29) is 0 Å². The second-order valence-corrected chi connectivity index (χ2v) is 14.1. The molecule has 0 amide bonds. The molecular formula is C52H33N3O. The largest absolute Gasteiger partial charge is 0.453 e. The molecule has 0 saturated heterocycles. The van der Waals surface area contributed by atoms with Gasteiger partial charge in [-0.25, -0.2) is 9.97 Å². The lowest BCUT2D eigenvalue weighted by Crippen LogP contribution is -1.97. The molecule has 0 radical (unpaired) electrons. The zero-order chi connectivity index (χ0) is 37.0. The van der Waals surface area contributed by atoms with Gasteiger partial charge in [0, 0.05) is 43.8 Å². The number of fused-ring (bicyclic) bond motifs is 6. The van der Waals surface area contributed by atoms with Crippen molar-refractivity contribution < 1.29 is 4.42 Å². The van der Waals surface area contributed by atoms with Gasteiger partial charge in [-0.3, -0.25) is 0 Å². The first-order chi connectivity index (χ1) is 27.8. The molecule has 4 nitrogen and oxygen atoms in total. The first-order valence-electron chi connectivity index (χ1n) is 18.9. The van der Waals surface area contributed by atoms with Crippen LogP contribution < -0.4 is 0 Å². The molecule has 8 aromatic carbocycles. The van der Waals surface area contributed by atoms with Crippen molar-refractivity contribution in [2.45, 2.75) is 0 Å². The maximum Gasteiger partial charge on any atom is 0.161 e. The highest BCUT2D eigenvalue weighted by molar-refractivity contribution is 6.17. The van der Waals surface area contributed by atoms with Gasteiger partial charge < -0.3 is 8.98 Å². The quantitative estimate of drug-likeness (QED) is 0.172. The monoisotopic (exact) mass is 715 g/mol. The van der Waals surface area contributed by atoms with Crippen LogP contribution in [0.3, 0.4) is 0 Å². The van der Waals surface area contributed by atoms with Crippen LogP contribution in [-0.2, 0) is 0 Å². The van der Waals surface area contributed by atoms with E-state index in [1.165, 1.54) is 5.56 Å². The average Bonchev–Trinajstić information content (AvgIpc) is 3.83. The average molecular weight is 716 g/mol. The predicted octanol–water partition coefficient (Wildman–Crippen LogP) is 13.8. The standard InChI is InChI=1S/C52H33N3O/c1-4-16-34(17-5-1)37-22-12-23-38(32-37)45-33-44(36-20-8-3-9-21-36)53-52(54-45)43-28-15-30-47-49(43)42-24-10-11-29-46(42)55(47)48-31-14-27-41-40-26-13-25-39(50(40)56-51(41)48)35-18-6-2-7-19-35/h1-33H. The molecule has 0 unspecified atom stereocenters. The molecule has 11 rings (SSSR count). The van der Waals surface area contributed by atoms with Gasteiger partial charge in [0.25, 0.3) is 0 Å². The molecule has 11 aromatic rings. The van der Waals surface area contributed by atoms with Crippen LogP contribution in [0, 0.1) is 0 Å². The predicted molar refractivity (Wildman–Crippen MR) is 231 cm³/mol. The molecule has 4 heteroatoms. The van der Waals surface area contributed by atoms with E-state index in [0.717, 1.165) is 94.2 Å². The van der Waals surface area contributed by atoms with Crippen molar-refractivity contribution in [2.75, 3.05) is 0 Å². The zero-order valence-corrected chi connectivity index (χ0v) is 30.3. The maximum absolute atomic E-state index is 6.93. The van der Waals surface area contributed by atoms with Crippen LogP contribution in [0.5, 0.6) is 0 Å². The van der Waals surface area contributed by atoms with Gasteiger partial charge >= 0.3 is 0 Å². The van der Waals surface area contributed by atoms with Crippen molar-refractivity contribution in [1.29, 1.82) is 0 Å². The number of hydrogen-bond acceptors (Lipinski definition) is 3. The van der Waals surface area contributed by atoms with E-state index in [9.17, 15) is 0 Å². The molecule has 0 spiro atoms. The molecule has 0 N–H and O–H groups in total. The van der Waals surface area contributed by atoms with Crippen LogP contribution in [0.4, 0.5) is 0 Å². The van der Waals surface area contributed by atoms with Crippen molar-refractivity contribution in [1.82, 2.24) is 14.5 Å². The molecule has 0 aliphatic rings. The van der Waals surface area contributed by atoms with Gasteiger partial charge in [0.05, 0.1) is 28.1 Å². The fourth-order valence-corrected chi connectivity index (χ4v) is 8.25. The van der Waals surface area contributed by atoms with Gasteiger partial charge in [-0.05, 0) is 47.0 Å². The van der Waals surface area contributed by atoms with Gasteiger partial charge in [-0.15, -0.1) is 0 Å². The molecule has 0 fully saturated rings. The summed E-state index contributed by atoms with van der Waals surface area (Å²) in [5.74, 6) is 0.675. The number of para-hydroxylation sites is 3. The van der Waals surface area contributed by atoms with Gasteiger partial charge in [0.1, 0.15) is 5.58 Å². The van der Waals surface area contributed by atoms with E-state index in [2.05, 4.69) is 187 Å². The summed E-state index contributed by atoms with van der Waals surface area (Å²) in [6, 6.07) is 70.0. The third kappa shape index (κ3) is 5.23. The minimum absolute atomic E-state index is 0.675. The Morgan fingerprint density at radius 2 is 0.893 bits per heavy atom. The summed E-state index contributed by atoms with van der Waals surface area (Å²) < 4.78 is 9.27. The normalized spacial score (nSPS) is 11.6. The third-order valence-electron chi connectivity index (χ3n) is 10.8. The summed E-state index contributed by atoms with van der Waals surface area (Å²) in [5, 5.41) is 4.39. The van der Waals surface area contributed by atoms with Crippen LogP contribution in [0.15, 0.2) is 205 Å². The summed E-state index contributed by atoms with van der Waals surface area (Å²) in [7, 11) is 0. The minimum Gasteiger partial charge on any atom is -0.453 e. The first kappa shape index (κ1) is 31.9. The Morgan fingerprint density at radius 1 is 0.357 bits per heavy atom. The van der Waals surface area contributed by atoms with E-state index >= 15 is 0 Å². The topological polar surface area (TPSA) is 43.9 Å². The van der Waals surface area contributed by atoms with E-state index in [4.69, 9.17) is 14.4 Å². The highest BCUT2D eigenvalue weighted by Gasteiger charge is 2.22. The Hall–Kier alpha value is -7.56. The van der Waals surface area contributed by atoms with Crippen molar-refractivity contribution >= 4 is 43.7 Å². The highest BCUT2D eigenvalue weighted by atomic mass is 16.3. The van der Waals surface area contributed by atoms with E-state index in [1.54, 1.807) is 0 Å². The molecule has 0 saturated carbocycles. The van der Waals surface area contributed by atoms with E-state index in [0.29, 0.717) is 5.82 Å². The lowest BCUT2D eigenvalue weighted by molar-refractivity contribution is 0.667. The highest BCUT2D eigenvalue weighted by Crippen LogP contribution is 2.43. The van der Waals surface area contributed by atoms with E-state index in [1.807, 2.05) is 18.2 Å². The Bertz CT molecular complexity index is 3240. The lowest BCUT2D eigenvalue weighted by atomic mass is 10.00. The van der Waals surface area contributed by atoms with Gasteiger partial charge in [-0.1, -0.05) is 170 Å². The number of furan rings is 1. The van der Waals surface area contributed by atoms with Gasteiger partial charge in [-0.2, -0.15) is 0 Å². The van der Waals surface area contributed by atoms with Crippen LogP contribution in [0.2, 0.25) is 0 Å². The first-order valence-corrected chi connectivity index (χ1v) is 18.9. The molecule has 0 aliphatic heterocycles. The van der Waals surface area contributed by atoms with Crippen molar-refractivity contribution in [3.8, 4) is 61.8 Å². The summed E-state index contributed by atoms with van der Waals surface area (Å²) >= 11 is 0. The van der Waals surface area contributed by atoms with Crippen molar-refractivity contribution in [2.24, 2.45) is 0 Å². The molecule has 262 valence electrons. The molecule has 3 heterocycles. The molecule has 3 aromatic heterocycles. The Kier molecular flexibility index (Phi) is 7.46. The minimum atomic E-state index is 0.675. The molecule has 0 aliphatic carbocycles. The Morgan fingerprint density at radius 3 is 1.68 bits per heavy atom. The Balaban J connectivity index is 1.15. The van der Waals surface area contributed by atoms with Crippen LogP contribution in [-0.4, -0.2) is 14.5 Å². The molecule has 0 bridgehead atoms. The number of aromatic nitrogens is 3. The number of hydrogen-bond donors (Lipinski definition) is 0. The van der Waals surface area contributed by atoms with Crippen molar-refractivity contribution in [3.63, 3.8) is 0 Å². The number of nitrogens with zero attached hydrogens (tertiary/aromatic N) is 3. The lowest BCUT2D eigenvalue weighted by Gasteiger charge is -2.12. The third-order valence-corrected chi connectivity index (χ3v) is 10.8. The number of rotatable bonds is 6. The summed E-state index contributed by atoms with van der Waals surface area (Å²) in [4.78, 5) is 10.6. The Labute approximate surface area is 323 Å². The second kappa shape index (κ2) is 13.1. The molecule has 0 atom stereocenters. The van der Waals surface area contributed by atoms with Gasteiger partial charge in [0.15, 0.2) is 11.4 Å². The number of benzene rings is 8. The fourth-order valence-electron chi connectivity index (χ4n) is 8.25. The molecule has 56 heavy (non-hydrogen) atoms. The van der Waals surface area contributed by atoms with Crippen LogP contribution >= 0.6 is 0 Å². The summed E-state index contributed by atoms with van der Waals surface area (Å²) in [5.41, 5.74) is 14.2. The maximum atomic E-state index is 6.93. The van der Waals surface area contributed by atoms with E-state index < -0.39 is 0 Å². The summed E-state index contributed by atoms with van der Waals surface area (Å²) in [6.07, 6.45) is 0. The zero-order valence-electron chi connectivity index (χ0n) is 30.3. The molecular weight excluding hydrogens is 683 g/mol. The van der Waals surface area contributed by atoms with Gasteiger partial charge in [0.2, 0.25) is 0 Å². The summed E-state index contributed by atoms with van der Waals surface area (Å²) in [6.45, 7) is 0. The van der Waals surface area contributed by atoms with Crippen molar-refractivity contribution in [3.05, 3.63) is 200 Å².